The lowest BCUT2D eigenvalue weighted by molar-refractivity contribution is -0.137. The zero-order chi connectivity index (χ0) is 20.3. The van der Waals surface area contributed by atoms with E-state index in [1.165, 1.54) is 24.4 Å². The van der Waals surface area contributed by atoms with Crippen molar-refractivity contribution in [3.05, 3.63) is 77.9 Å². The number of carboxylic acid groups (broad SMARTS) is 1. The summed E-state index contributed by atoms with van der Waals surface area (Å²) >= 11 is 0. The highest BCUT2D eigenvalue weighted by molar-refractivity contribution is 6.08. The zero-order valence-corrected chi connectivity index (χ0v) is 14.1. The number of hydrogen-bond donors (Lipinski definition) is 2. The lowest BCUT2D eigenvalue weighted by Gasteiger charge is -2.10. The second kappa shape index (κ2) is 7.47. The van der Waals surface area contributed by atoms with Gasteiger partial charge in [0.1, 0.15) is 0 Å². The Balaban J connectivity index is 1.81. The first-order valence-electron chi connectivity index (χ1n) is 7.89. The minimum atomic E-state index is -4.44. The maximum absolute atomic E-state index is 12.8. The summed E-state index contributed by atoms with van der Waals surface area (Å²) in [6.07, 6.45) is -2.09. The normalized spacial score (nSPS) is 11.1. The van der Waals surface area contributed by atoms with Crippen LogP contribution in [-0.2, 0) is 6.18 Å². The topological polar surface area (TPSA) is 92.2 Å². The quantitative estimate of drug-likeness (QED) is 0.703. The highest BCUT2D eigenvalue weighted by Gasteiger charge is 2.30. The van der Waals surface area contributed by atoms with Crippen molar-refractivity contribution in [1.82, 2.24) is 9.97 Å². The van der Waals surface area contributed by atoms with Gasteiger partial charge in [-0.2, -0.15) is 13.2 Å². The number of carbonyl (C=O) groups is 2. The first-order valence-corrected chi connectivity index (χ1v) is 7.89. The Bertz CT molecular complexity index is 1030. The number of anilines is 1. The Hall–Kier alpha value is -3.75. The largest absolute Gasteiger partial charge is 0.476 e. The molecule has 9 heteroatoms. The van der Waals surface area contributed by atoms with Crippen molar-refractivity contribution < 1.29 is 27.9 Å². The maximum Gasteiger partial charge on any atom is 0.416 e. The molecule has 2 N–H and O–H groups in total. The number of alkyl halides is 3. The van der Waals surface area contributed by atoms with Crippen LogP contribution in [0.25, 0.3) is 11.1 Å². The number of nitrogens with zero attached hydrogens (tertiary/aromatic N) is 2. The number of carbonyl (C=O) groups excluding carboxylic acids is 1. The number of aromatic nitrogens is 2. The van der Waals surface area contributed by atoms with E-state index in [-0.39, 0.29) is 5.69 Å². The van der Waals surface area contributed by atoms with Gasteiger partial charge in [0.05, 0.1) is 5.56 Å². The van der Waals surface area contributed by atoms with Crippen LogP contribution in [0, 0.1) is 0 Å². The fourth-order valence-electron chi connectivity index (χ4n) is 2.47. The van der Waals surface area contributed by atoms with Gasteiger partial charge in [0, 0.05) is 18.1 Å². The van der Waals surface area contributed by atoms with Gasteiger partial charge in [0.15, 0.2) is 11.4 Å². The molecule has 1 aromatic heterocycles. The minimum absolute atomic E-state index is 0.322. The summed E-state index contributed by atoms with van der Waals surface area (Å²) in [6, 6.07) is 10.9. The lowest BCUT2D eigenvalue weighted by atomic mass is 10.0. The molecule has 0 saturated heterocycles. The van der Waals surface area contributed by atoms with Crippen LogP contribution < -0.4 is 5.32 Å². The molecule has 0 radical (unpaired) electrons. The van der Waals surface area contributed by atoms with Crippen LogP contribution in [0.15, 0.2) is 60.9 Å². The van der Waals surface area contributed by atoms with Crippen LogP contribution in [0.2, 0.25) is 0 Å². The molecular formula is C19H12F3N3O3. The van der Waals surface area contributed by atoms with Crippen molar-refractivity contribution in [3.63, 3.8) is 0 Å². The Labute approximate surface area is 156 Å². The van der Waals surface area contributed by atoms with Crippen molar-refractivity contribution in [2.24, 2.45) is 0 Å². The third-order valence-corrected chi connectivity index (χ3v) is 3.78. The molecule has 1 amide bonds. The van der Waals surface area contributed by atoms with Crippen molar-refractivity contribution in [2.75, 3.05) is 5.32 Å². The summed E-state index contributed by atoms with van der Waals surface area (Å²) in [4.78, 5) is 30.7. The van der Waals surface area contributed by atoms with Crippen molar-refractivity contribution in [3.8, 4) is 11.1 Å². The molecule has 0 atom stereocenters. The Morgan fingerprint density at radius 1 is 0.893 bits per heavy atom. The third kappa shape index (κ3) is 4.14. The van der Waals surface area contributed by atoms with E-state index in [0.29, 0.717) is 16.8 Å². The van der Waals surface area contributed by atoms with Crippen LogP contribution in [0.1, 0.15) is 26.5 Å². The van der Waals surface area contributed by atoms with Gasteiger partial charge in [-0.05, 0) is 35.4 Å². The van der Waals surface area contributed by atoms with Crippen molar-refractivity contribution in [2.45, 2.75) is 6.18 Å². The predicted octanol–water partition coefficient (Wildman–Crippen LogP) is 4.11. The van der Waals surface area contributed by atoms with Crippen LogP contribution in [0.3, 0.4) is 0 Å². The van der Waals surface area contributed by atoms with Crippen LogP contribution in [-0.4, -0.2) is 27.0 Å². The maximum atomic E-state index is 12.8. The number of halogens is 3. The highest BCUT2D eigenvalue weighted by Crippen LogP contribution is 2.32. The monoisotopic (exact) mass is 387 g/mol. The lowest BCUT2D eigenvalue weighted by Crippen LogP contribution is -2.19. The predicted molar refractivity (Wildman–Crippen MR) is 93.8 cm³/mol. The van der Waals surface area contributed by atoms with Crippen LogP contribution >= 0.6 is 0 Å². The Morgan fingerprint density at radius 3 is 2.14 bits per heavy atom. The number of nitrogens with one attached hydrogen (secondary N) is 1. The minimum Gasteiger partial charge on any atom is -0.476 e. The number of amides is 1. The van der Waals surface area contributed by atoms with Crippen molar-refractivity contribution >= 4 is 17.6 Å². The van der Waals surface area contributed by atoms with Crippen LogP contribution in [0.5, 0.6) is 0 Å². The van der Waals surface area contributed by atoms with Gasteiger partial charge < -0.3 is 10.4 Å². The molecule has 0 aliphatic heterocycles. The number of rotatable bonds is 4. The molecule has 0 fully saturated rings. The number of carboxylic acids is 1. The fourth-order valence-corrected chi connectivity index (χ4v) is 2.47. The molecule has 0 unspecified atom stereocenters. The van der Waals surface area contributed by atoms with E-state index < -0.39 is 29.3 Å². The smallest absolute Gasteiger partial charge is 0.416 e. The van der Waals surface area contributed by atoms with E-state index in [4.69, 9.17) is 5.11 Å². The molecule has 1 heterocycles. The first-order chi connectivity index (χ1) is 13.3. The van der Waals surface area contributed by atoms with E-state index in [1.54, 1.807) is 18.2 Å². The SMILES string of the molecule is O=C(O)c1nccnc1C(=O)Nc1ccc(-c2cccc(C(F)(F)F)c2)cc1. The van der Waals surface area contributed by atoms with Gasteiger partial charge in [-0.1, -0.05) is 24.3 Å². The van der Waals surface area contributed by atoms with Gasteiger partial charge in [-0.25, -0.2) is 14.8 Å². The standard InChI is InChI=1S/C19H12F3N3O3/c20-19(21,22)13-3-1-2-12(10-13)11-4-6-14(7-5-11)25-17(26)15-16(18(27)28)24-9-8-23-15/h1-10H,(H,25,26)(H,27,28). The van der Waals surface area contributed by atoms with Gasteiger partial charge in [0.2, 0.25) is 0 Å². The molecule has 0 bridgehead atoms. The molecule has 3 aromatic rings. The van der Waals surface area contributed by atoms with Gasteiger partial charge in [0.25, 0.3) is 5.91 Å². The van der Waals surface area contributed by atoms with Gasteiger partial charge >= 0.3 is 12.1 Å². The summed E-state index contributed by atoms with van der Waals surface area (Å²) in [7, 11) is 0. The van der Waals surface area contributed by atoms with E-state index >= 15 is 0 Å². The number of benzene rings is 2. The third-order valence-electron chi connectivity index (χ3n) is 3.78. The summed E-state index contributed by atoms with van der Waals surface area (Å²) < 4.78 is 38.5. The fraction of sp³-hybridized carbons (Fsp3) is 0.0526. The molecule has 0 aliphatic rings. The average molecular weight is 387 g/mol. The molecular weight excluding hydrogens is 375 g/mol. The molecule has 3 rings (SSSR count). The summed E-state index contributed by atoms with van der Waals surface area (Å²) in [5, 5.41) is 11.5. The van der Waals surface area contributed by atoms with Crippen LogP contribution in [0.4, 0.5) is 18.9 Å². The van der Waals surface area contributed by atoms with Crippen molar-refractivity contribution in [1.29, 1.82) is 0 Å². The van der Waals surface area contributed by atoms with Gasteiger partial charge in [-0.3, -0.25) is 4.79 Å². The van der Waals surface area contributed by atoms with E-state index in [0.717, 1.165) is 18.3 Å². The summed E-state index contributed by atoms with van der Waals surface area (Å²) in [5.74, 6) is -2.16. The molecule has 28 heavy (non-hydrogen) atoms. The summed E-state index contributed by atoms with van der Waals surface area (Å²) in [5.41, 5.74) is -0.379. The second-order valence-electron chi connectivity index (χ2n) is 5.67. The molecule has 0 spiro atoms. The van der Waals surface area contributed by atoms with Gasteiger partial charge in [-0.15, -0.1) is 0 Å². The van der Waals surface area contributed by atoms with E-state index in [2.05, 4.69) is 15.3 Å². The number of hydrogen-bond acceptors (Lipinski definition) is 4. The number of aromatic carboxylic acids is 1. The first kappa shape index (κ1) is 19.0. The molecule has 142 valence electrons. The average Bonchev–Trinajstić information content (AvgIpc) is 2.68. The molecule has 2 aromatic carbocycles. The molecule has 6 nitrogen and oxygen atoms in total. The molecule has 0 saturated carbocycles. The molecule has 0 aliphatic carbocycles. The zero-order valence-electron chi connectivity index (χ0n) is 14.1. The van der Waals surface area contributed by atoms with E-state index in [9.17, 15) is 22.8 Å². The highest BCUT2D eigenvalue weighted by atomic mass is 19.4. The second-order valence-corrected chi connectivity index (χ2v) is 5.67. The summed E-state index contributed by atoms with van der Waals surface area (Å²) in [6.45, 7) is 0. The Morgan fingerprint density at radius 2 is 1.54 bits per heavy atom. The Kier molecular flexibility index (Phi) is 5.08. The van der Waals surface area contributed by atoms with E-state index in [1.807, 2.05) is 0 Å².